The lowest BCUT2D eigenvalue weighted by Crippen LogP contribution is -2.45. The Balaban J connectivity index is 1.77. The summed E-state index contributed by atoms with van der Waals surface area (Å²) in [5.74, 6) is 0.754. The third-order valence-corrected chi connectivity index (χ3v) is 3.94. The van der Waals surface area contributed by atoms with E-state index in [0.29, 0.717) is 18.3 Å². The van der Waals surface area contributed by atoms with Gasteiger partial charge in [-0.15, -0.1) is 0 Å². The molecule has 5 nitrogen and oxygen atoms in total. The number of piperidine rings is 1. The topological polar surface area (TPSA) is 50.2 Å². The van der Waals surface area contributed by atoms with E-state index in [0.717, 1.165) is 19.0 Å². The Morgan fingerprint density at radius 2 is 2.21 bits per heavy atom. The first-order valence-electron chi connectivity index (χ1n) is 7.06. The van der Waals surface area contributed by atoms with Crippen LogP contribution in [0.25, 0.3) is 0 Å². The van der Waals surface area contributed by atoms with Crippen molar-refractivity contribution in [2.45, 2.75) is 32.7 Å². The van der Waals surface area contributed by atoms with E-state index in [2.05, 4.69) is 29.0 Å². The van der Waals surface area contributed by atoms with Gasteiger partial charge in [-0.3, -0.25) is 9.69 Å². The zero-order valence-electron chi connectivity index (χ0n) is 12.1. The molecule has 0 saturated carbocycles. The van der Waals surface area contributed by atoms with Crippen molar-refractivity contribution < 1.29 is 4.79 Å². The van der Waals surface area contributed by atoms with Crippen LogP contribution in [0.1, 0.15) is 37.2 Å². The summed E-state index contributed by atoms with van der Waals surface area (Å²) in [6.07, 6.45) is 5.91. The number of hydrogen-bond donors (Lipinski definition) is 1. The molecule has 1 fully saturated rings. The molecule has 1 atom stereocenters. The number of rotatable bonds is 4. The maximum absolute atomic E-state index is 11.9. The first-order valence-corrected chi connectivity index (χ1v) is 7.06. The average Bonchev–Trinajstić information content (AvgIpc) is 2.83. The predicted octanol–water partition coefficient (Wildman–Crippen LogP) is 1.27. The highest BCUT2D eigenvalue weighted by Crippen LogP contribution is 2.17. The number of carbonyl (C=O) groups excluding carboxylic acids is 1. The molecular weight excluding hydrogens is 240 g/mol. The number of nitrogens with one attached hydrogen (secondary N) is 1. The Bertz CT molecular complexity index is 421. The number of hydrogen-bond acceptors (Lipinski definition) is 3. The van der Waals surface area contributed by atoms with Gasteiger partial charge in [0.1, 0.15) is 5.69 Å². The van der Waals surface area contributed by atoms with E-state index in [1.54, 1.807) is 17.1 Å². The van der Waals surface area contributed by atoms with Crippen molar-refractivity contribution in [1.82, 2.24) is 19.8 Å². The summed E-state index contributed by atoms with van der Waals surface area (Å²) in [6, 6.07) is 0.389. The standard InChI is InChI=1S/C14H24N4O/c1-11-4-6-18(7-5-11)12(2)8-15-14(19)13-9-17(3)10-16-13/h9-12H,4-8H2,1-3H3,(H,15,19). The minimum atomic E-state index is -0.0853. The predicted molar refractivity (Wildman–Crippen MR) is 75.0 cm³/mol. The Morgan fingerprint density at radius 3 is 2.79 bits per heavy atom. The molecule has 0 radical (unpaired) electrons. The van der Waals surface area contributed by atoms with Crippen molar-refractivity contribution in [2.75, 3.05) is 19.6 Å². The first-order chi connectivity index (χ1) is 9.06. The van der Waals surface area contributed by atoms with Gasteiger partial charge in [0.25, 0.3) is 5.91 Å². The van der Waals surface area contributed by atoms with E-state index in [1.165, 1.54) is 12.8 Å². The third kappa shape index (κ3) is 3.80. The van der Waals surface area contributed by atoms with Crippen LogP contribution in [0, 0.1) is 5.92 Å². The Morgan fingerprint density at radius 1 is 1.53 bits per heavy atom. The smallest absolute Gasteiger partial charge is 0.271 e. The minimum absolute atomic E-state index is 0.0853. The van der Waals surface area contributed by atoms with E-state index >= 15 is 0 Å². The van der Waals surface area contributed by atoms with Gasteiger partial charge in [0.05, 0.1) is 6.33 Å². The average molecular weight is 264 g/mol. The van der Waals surface area contributed by atoms with Crippen LogP contribution < -0.4 is 5.32 Å². The molecule has 1 aliphatic rings. The molecular formula is C14H24N4O. The molecule has 0 bridgehead atoms. The molecule has 1 saturated heterocycles. The number of imidazole rings is 1. The number of aromatic nitrogens is 2. The van der Waals surface area contributed by atoms with Crippen molar-refractivity contribution in [3.05, 3.63) is 18.2 Å². The fourth-order valence-electron chi connectivity index (χ4n) is 2.46. The number of likely N-dealkylation sites (tertiary alicyclic amines) is 1. The summed E-state index contributed by atoms with van der Waals surface area (Å²) in [6.45, 7) is 7.45. The first kappa shape index (κ1) is 14.1. The molecule has 1 amide bonds. The molecule has 0 aliphatic carbocycles. The summed E-state index contributed by atoms with van der Waals surface area (Å²) in [7, 11) is 1.86. The molecule has 1 N–H and O–H groups in total. The van der Waals surface area contributed by atoms with Crippen LogP contribution in [-0.2, 0) is 7.05 Å². The Hall–Kier alpha value is -1.36. The van der Waals surface area contributed by atoms with E-state index in [9.17, 15) is 4.79 Å². The van der Waals surface area contributed by atoms with Crippen LogP contribution in [0.2, 0.25) is 0 Å². The third-order valence-electron chi connectivity index (χ3n) is 3.94. The van der Waals surface area contributed by atoms with Gasteiger partial charge in [-0.05, 0) is 38.8 Å². The highest BCUT2D eigenvalue weighted by atomic mass is 16.1. The summed E-state index contributed by atoms with van der Waals surface area (Å²) in [4.78, 5) is 18.4. The maximum Gasteiger partial charge on any atom is 0.271 e. The van der Waals surface area contributed by atoms with Crippen molar-refractivity contribution in [2.24, 2.45) is 13.0 Å². The van der Waals surface area contributed by atoms with Crippen LogP contribution in [-0.4, -0.2) is 46.0 Å². The monoisotopic (exact) mass is 264 g/mol. The number of aryl methyl sites for hydroxylation is 1. The van der Waals surface area contributed by atoms with Gasteiger partial charge in [0.2, 0.25) is 0 Å². The molecule has 1 aromatic heterocycles. The van der Waals surface area contributed by atoms with Gasteiger partial charge in [-0.25, -0.2) is 4.98 Å². The molecule has 1 aromatic rings. The van der Waals surface area contributed by atoms with Crippen LogP contribution in [0.15, 0.2) is 12.5 Å². The zero-order chi connectivity index (χ0) is 13.8. The molecule has 0 aromatic carbocycles. The van der Waals surface area contributed by atoms with Gasteiger partial charge >= 0.3 is 0 Å². The van der Waals surface area contributed by atoms with E-state index in [1.807, 2.05) is 7.05 Å². The summed E-state index contributed by atoms with van der Waals surface area (Å²) < 4.78 is 1.78. The zero-order valence-corrected chi connectivity index (χ0v) is 12.1. The normalized spacial score (nSPS) is 19.3. The van der Waals surface area contributed by atoms with Crippen LogP contribution in [0.4, 0.5) is 0 Å². The fraction of sp³-hybridized carbons (Fsp3) is 0.714. The minimum Gasteiger partial charge on any atom is -0.349 e. The van der Waals surface area contributed by atoms with E-state index in [4.69, 9.17) is 0 Å². The van der Waals surface area contributed by atoms with Crippen molar-refractivity contribution in [3.8, 4) is 0 Å². The van der Waals surface area contributed by atoms with Crippen molar-refractivity contribution >= 4 is 5.91 Å². The molecule has 5 heteroatoms. The number of amides is 1. The van der Waals surface area contributed by atoms with Gasteiger partial charge in [-0.2, -0.15) is 0 Å². The number of carbonyl (C=O) groups is 1. The van der Waals surface area contributed by atoms with Gasteiger partial charge in [0, 0.05) is 25.8 Å². The van der Waals surface area contributed by atoms with Crippen molar-refractivity contribution in [1.29, 1.82) is 0 Å². The summed E-state index contributed by atoms with van der Waals surface area (Å²) in [5, 5.41) is 2.96. The second kappa shape index (κ2) is 6.19. The largest absolute Gasteiger partial charge is 0.349 e. The molecule has 0 spiro atoms. The quantitative estimate of drug-likeness (QED) is 0.891. The molecule has 19 heavy (non-hydrogen) atoms. The van der Waals surface area contributed by atoms with Crippen molar-refractivity contribution in [3.63, 3.8) is 0 Å². The lowest BCUT2D eigenvalue weighted by Gasteiger charge is -2.34. The van der Waals surface area contributed by atoms with Gasteiger partial charge < -0.3 is 9.88 Å². The molecule has 1 aliphatic heterocycles. The second-order valence-corrected chi connectivity index (χ2v) is 5.70. The lowest BCUT2D eigenvalue weighted by atomic mass is 9.98. The SMILES string of the molecule is CC1CCN(C(C)CNC(=O)c2cn(C)cn2)CC1. The molecule has 2 heterocycles. The van der Waals surface area contributed by atoms with E-state index in [-0.39, 0.29) is 5.91 Å². The van der Waals surface area contributed by atoms with Crippen LogP contribution >= 0.6 is 0 Å². The highest BCUT2D eigenvalue weighted by molar-refractivity contribution is 5.92. The van der Waals surface area contributed by atoms with Crippen LogP contribution in [0.5, 0.6) is 0 Å². The highest BCUT2D eigenvalue weighted by Gasteiger charge is 2.20. The van der Waals surface area contributed by atoms with Gasteiger partial charge in [-0.1, -0.05) is 6.92 Å². The summed E-state index contributed by atoms with van der Waals surface area (Å²) in [5.41, 5.74) is 0.488. The second-order valence-electron chi connectivity index (χ2n) is 5.70. The maximum atomic E-state index is 11.9. The van der Waals surface area contributed by atoms with Crippen LogP contribution in [0.3, 0.4) is 0 Å². The Labute approximate surface area is 115 Å². The molecule has 1 unspecified atom stereocenters. The van der Waals surface area contributed by atoms with E-state index < -0.39 is 0 Å². The Kier molecular flexibility index (Phi) is 4.58. The lowest BCUT2D eigenvalue weighted by molar-refractivity contribution is 0.0917. The fourth-order valence-corrected chi connectivity index (χ4v) is 2.46. The van der Waals surface area contributed by atoms with Gasteiger partial charge in [0.15, 0.2) is 0 Å². The molecule has 106 valence electrons. The number of nitrogens with zero attached hydrogens (tertiary/aromatic N) is 3. The summed E-state index contributed by atoms with van der Waals surface area (Å²) >= 11 is 0. The molecule has 2 rings (SSSR count).